The molecular formula is C11H11ClO3. The van der Waals surface area contributed by atoms with E-state index in [-0.39, 0.29) is 5.78 Å². The van der Waals surface area contributed by atoms with Crippen molar-refractivity contribution in [2.75, 3.05) is 7.11 Å². The van der Waals surface area contributed by atoms with Gasteiger partial charge in [-0.1, -0.05) is 23.7 Å². The second kappa shape index (κ2) is 4.94. The third kappa shape index (κ3) is 2.80. The van der Waals surface area contributed by atoms with Gasteiger partial charge in [-0.05, 0) is 19.1 Å². The van der Waals surface area contributed by atoms with E-state index in [2.05, 4.69) is 4.74 Å². The number of carbonyl (C=O) groups is 2. The molecule has 0 spiro atoms. The molecule has 1 unspecified atom stereocenters. The van der Waals surface area contributed by atoms with Gasteiger partial charge in [0.25, 0.3) is 0 Å². The highest BCUT2D eigenvalue weighted by Gasteiger charge is 2.23. The number of carbonyl (C=O) groups excluding carboxylic acids is 2. The number of hydrogen-bond acceptors (Lipinski definition) is 3. The Morgan fingerprint density at radius 3 is 2.60 bits per heavy atom. The molecule has 0 saturated heterocycles. The molecular weight excluding hydrogens is 216 g/mol. The SMILES string of the molecule is COC(=O)C(C)C(=O)c1cccc(Cl)c1. The van der Waals surface area contributed by atoms with Gasteiger partial charge in [-0.2, -0.15) is 0 Å². The van der Waals surface area contributed by atoms with Crippen LogP contribution >= 0.6 is 11.6 Å². The Bertz CT molecular complexity index is 387. The summed E-state index contributed by atoms with van der Waals surface area (Å²) in [7, 11) is 1.25. The van der Waals surface area contributed by atoms with E-state index in [1.807, 2.05) is 0 Å². The van der Waals surface area contributed by atoms with E-state index in [0.717, 1.165) is 0 Å². The van der Waals surface area contributed by atoms with E-state index in [9.17, 15) is 9.59 Å². The Morgan fingerprint density at radius 2 is 2.07 bits per heavy atom. The monoisotopic (exact) mass is 226 g/mol. The van der Waals surface area contributed by atoms with E-state index in [1.165, 1.54) is 20.1 Å². The van der Waals surface area contributed by atoms with Crippen LogP contribution in [0.4, 0.5) is 0 Å². The molecule has 0 aliphatic rings. The number of rotatable bonds is 3. The van der Waals surface area contributed by atoms with Crippen LogP contribution in [0.3, 0.4) is 0 Å². The molecule has 0 aliphatic heterocycles. The van der Waals surface area contributed by atoms with Crippen molar-refractivity contribution in [1.29, 1.82) is 0 Å². The summed E-state index contributed by atoms with van der Waals surface area (Å²) < 4.78 is 4.49. The van der Waals surface area contributed by atoms with Crippen molar-refractivity contribution >= 4 is 23.4 Å². The highest BCUT2D eigenvalue weighted by Crippen LogP contribution is 2.15. The van der Waals surface area contributed by atoms with E-state index >= 15 is 0 Å². The highest BCUT2D eigenvalue weighted by molar-refractivity contribution is 6.31. The fourth-order valence-corrected chi connectivity index (χ4v) is 1.37. The van der Waals surface area contributed by atoms with E-state index in [4.69, 9.17) is 11.6 Å². The Morgan fingerprint density at radius 1 is 1.40 bits per heavy atom. The van der Waals surface area contributed by atoms with Gasteiger partial charge in [-0.25, -0.2) is 0 Å². The predicted octanol–water partition coefficient (Wildman–Crippen LogP) is 2.33. The van der Waals surface area contributed by atoms with E-state index < -0.39 is 11.9 Å². The number of methoxy groups -OCH3 is 1. The van der Waals surface area contributed by atoms with Crippen molar-refractivity contribution < 1.29 is 14.3 Å². The normalized spacial score (nSPS) is 11.9. The number of benzene rings is 1. The summed E-state index contributed by atoms with van der Waals surface area (Å²) in [5, 5.41) is 0.470. The van der Waals surface area contributed by atoms with Crippen molar-refractivity contribution in [2.24, 2.45) is 5.92 Å². The minimum Gasteiger partial charge on any atom is -0.468 e. The lowest BCUT2D eigenvalue weighted by Gasteiger charge is -2.07. The third-order valence-corrected chi connectivity index (χ3v) is 2.29. The number of Topliss-reactive ketones (excluding diaryl/α,β-unsaturated/α-hetero) is 1. The first-order valence-corrected chi connectivity index (χ1v) is 4.81. The summed E-state index contributed by atoms with van der Waals surface area (Å²) in [6.45, 7) is 1.51. The van der Waals surface area contributed by atoms with E-state index in [1.54, 1.807) is 18.2 Å². The summed E-state index contributed by atoms with van der Waals surface area (Å²) in [6.07, 6.45) is 0. The quantitative estimate of drug-likeness (QED) is 0.451. The standard InChI is InChI=1S/C11H11ClO3/c1-7(11(14)15-2)10(13)8-4-3-5-9(12)6-8/h3-7H,1-2H3. The summed E-state index contributed by atoms with van der Waals surface area (Å²) in [5.74, 6) is -1.63. The van der Waals surface area contributed by atoms with Gasteiger partial charge in [0.2, 0.25) is 0 Å². The van der Waals surface area contributed by atoms with Gasteiger partial charge in [-0.15, -0.1) is 0 Å². The van der Waals surface area contributed by atoms with Gasteiger partial charge in [0, 0.05) is 10.6 Å². The maximum Gasteiger partial charge on any atom is 0.316 e. The van der Waals surface area contributed by atoms with Gasteiger partial charge in [0.15, 0.2) is 5.78 Å². The second-order valence-corrected chi connectivity index (χ2v) is 3.56. The highest BCUT2D eigenvalue weighted by atomic mass is 35.5. The number of halogens is 1. The molecule has 0 N–H and O–H groups in total. The molecule has 0 fully saturated rings. The summed E-state index contributed by atoms with van der Waals surface area (Å²) in [5.41, 5.74) is 0.417. The van der Waals surface area contributed by atoms with Crippen molar-refractivity contribution in [3.8, 4) is 0 Å². The van der Waals surface area contributed by atoms with Gasteiger partial charge < -0.3 is 4.74 Å². The molecule has 1 atom stereocenters. The molecule has 1 aromatic rings. The Hall–Kier alpha value is -1.35. The van der Waals surface area contributed by atoms with Crippen LogP contribution in [0.1, 0.15) is 17.3 Å². The molecule has 0 aromatic heterocycles. The van der Waals surface area contributed by atoms with Crippen LogP contribution in [0.5, 0.6) is 0 Å². The molecule has 0 aliphatic carbocycles. The average Bonchev–Trinajstić information content (AvgIpc) is 2.26. The first-order chi connectivity index (χ1) is 7.06. The van der Waals surface area contributed by atoms with Crippen LogP contribution in [-0.2, 0) is 9.53 Å². The molecule has 0 radical (unpaired) electrons. The number of hydrogen-bond donors (Lipinski definition) is 0. The summed E-state index contributed by atoms with van der Waals surface area (Å²) in [4.78, 5) is 22.9. The minimum atomic E-state index is -0.798. The molecule has 0 heterocycles. The number of ether oxygens (including phenoxy) is 1. The van der Waals surface area contributed by atoms with Crippen LogP contribution in [0.15, 0.2) is 24.3 Å². The van der Waals surface area contributed by atoms with Crippen LogP contribution < -0.4 is 0 Å². The van der Waals surface area contributed by atoms with Crippen molar-refractivity contribution in [3.63, 3.8) is 0 Å². The van der Waals surface area contributed by atoms with Gasteiger partial charge >= 0.3 is 5.97 Å². The maximum absolute atomic E-state index is 11.7. The zero-order valence-corrected chi connectivity index (χ0v) is 9.25. The minimum absolute atomic E-state index is 0.288. The molecule has 0 amide bonds. The van der Waals surface area contributed by atoms with E-state index in [0.29, 0.717) is 10.6 Å². The molecule has 15 heavy (non-hydrogen) atoms. The lowest BCUT2D eigenvalue weighted by Crippen LogP contribution is -2.22. The topological polar surface area (TPSA) is 43.4 Å². The van der Waals surface area contributed by atoms with Crippen molar-refractivity contribution in [3.05, 3.63) is 34.9 Å². The second-order valence-electron chi connectivity index (χ2n) is 3.12. The predicted molar refractivity (Wildman–Crippen MR) is 57.0 cm³/mol. The largest absolute Gasteiger partial charge is 0.468 e. The van der Waals surface area contributed by atoms with Crippen molar-refractivity contribution in [1.82, 2.24) is 0 Å². The molecule has 1 rings (SSSR count). The maximum atomic E-state index is 11.7. The zero-order valence-electron chi connectivity index (χ0n) is 8.49. The Labute approximate surface area is 93.0 Å². The van der Waals surface area contributed by atoms with Crippen LogP contribution in [0, 0.1) is 5.92 Å². The Balaban J connectivity index is 2.90. The van der Waals surface area contributed by atoms with Crippen LogP contribution in [0.25, 0.3) is 0 Å². The summed E-state index contributed by atoms with van der Waals surface area (Å²) >= 11 is 5.74. The molecule has 0 bridgehead atoms. The van der Waals surface area contributed by atoms with Crippen molar-refractivity contribution in [2.45, 2.75) is 6.92 Å². The molecule has 0 saturated carbocycles. The molecule has 1 aromatic carbocycles. The smallest absolute Gasteiger partial charge is 0.316 e. The average molecular weight is 227 g/mol. The summed E-state index contributed by atoms with van der Waals surface area (Å²) in [6, 6.07) is 6.48. The number of esters is 1. The fourth-order valence-electron chi connectivity index (χ4n) is 1.18. The molecule has 4 heteroatoms. The zero-order chi connectivity index (χ0) is 11.4. The Kier molecular flexibility index (Phi) is 3.86. The lowest BCUT2D eigenvalue weighted by molar-refractivity contribution is -0.143. The number of ketones is 1. The van der Waals surface area contributed by atoms with Gasteiger partial charge in [0.05, 0.1) is 7.11 Å². The lowest BCUT2D eigenvalue weighted by atomic mass is 10.00. The first kappa shape index (κ1) is 11.7. The fraction of sp³-hybridized carbons (Fsp3) is 0.273. The molecule has 3 nitrogen and oxygen atoms in total. The van der Waals surface area contributed by atoms with Crippen LogP contribution in [0.2, 0.25) is 5.02 Å². The van der Waals surface area contributed by atoms with Crippen LogP contribution in [-0.4, -0.2) is 18.9 Å². The van der Waals surface area contributed by atoms with Gasteiger partial charge in [-0.3, -0.25) is 9.59 Å². The first-order valence-electron chi connectivity index (χ1n) is 4.44. The van der Waals surface area contributed by atoms with Gasteiger partial charge in [0.1, 0.15) is 5.92 Å². The third-order valence-electron chi connectivity index (χ3n) is 2.06. The molecule has 80 valence electrons.